The van der Waals surface area contributed by atoms with Crippen LogP contribution in [0.3, 0.4) is 0 Å². The van der Waals surface area contributed by atoms with Crippen molar-refractivity contribution in [2.75, 3.05) is 10.6 Å². The van der Waals surface area contributed by atoms with Crippen LogP contribution in [0.25, 0.3) is 0 Å². The first-order valence-electron chi connectivity index (χ1n) is 7.79. The predicted octanol–water partition coefficient (Wildman–Crippen LogP) is 4.33. The van der Waals surface area contributed by atoms with Crippen molar-refractivity contribution in [2.45, 2.75) is 6.92 Å². The molecular formula is C19H15ClN4O2. The van der Waals surface area contributed by atoms with Crippen LogP contribution >= 0.6 is 11.6 Å². The van der Waals surface area contributed by atoms with E-state index in [1.54, 1.807) is 30.3 Å². The molecule has 7 heteroatoms. The van der Waals surface area contributed by atoms with E-state index in [9.17, 15) is 9.59 Å². The Bertz CT molecular complexity index is 941. The lowest BCUT2D eigenvalue weighted by Gasteiger charge is -2.08. The van der Waals surface area contributed by atoms with E-state index < -0.39 is 5.91 Å². The number of carbonyl (C=O) groups is 2. The fourth-order valence-corrected chi connectivity index (χ4v) is 2.38. The molecule has 0 aliphatic rings. The number of Topliss-reactive ketones (excluding diaryl/α,β-unsaturated/α-hetero) is 1. The van der Waals surface area contributed by atoms with E-state index in [4.69, 9.17) is 11.6 Å². The topological polar surface area (TPSA) is 84.0 Å². The van der Waals surface area contributed by atoms with Gasteiger partial charge in [-0.25, -0.2) is 9.97 Å². The summed E-state index contributed by atoms with van der Waals surface area (Å²) in [6.07, 6.45) is 2.83. The number of hydrogen-bond acceptors (Lipinski definition) is 5. The van der Waals surface area contributed by atoms with E-state index in [1.165, 1.54) is 19.3 Å². The lowest BCUT2D eigenvalue weighted by Crippen LogP contribution is -2.14. The zero-order valence-electron chi connectivity index (χ0n) is 13.9. The van der Waals surface area contributed by atoms with Gasteiger partial charge in [0.2, 0.25) is 0 Å². The lowest BCUT2D eigenvalue weighted by molar-refractivity contribution is 0.101. The number of anilines is 3. The first kappa shape index (κ1) is 17.6. The van der Waals surface area contributed by atoms with Crippen LogP contribution in [-0.4, -0.2) is 21.7 Å². The van der Waals surface area contributed by atoms with Crippen molar-refractivity contribution in [1.82, 2.24) is 9.97 Å². The Morgan fingerprint density at radius 1 is 0.962 bits per heavy atom. The van der Waals surface area contributed by atoms with E-state index in [1.807, 2.05) is 18.2 Å². The number of nitrogens with one attached hydrogen (secondary N) is 2. The Labute approximate surface area is 155 Å². The molecule has 0 spiro atoms. The number of hydrogen-bond donors (Lipinski definition) is 2. The van der Waals surface area contributed by atoms with Crippen molar-refractivity contribution < 1.29 is 9.59 Å². The van der Waals surface area contributed by atoms with Crippen molar-refractivity contribution in [3.63, 3.8) is 0 Å². The van der Waals surface area contributed by atoms with E-state index in [-0.39, 0.29) is 11.5 Å². The van der Waals surface area contributed by atoms with Crippen LogP contribution in [0.1, 0.15) is 27.8 Å². The van der Waals surface area contributed by atoms with Gasteiger partial charge in [0.15, 0.2) is 5.78 Å². The number of amides is 1. The van der Waals surface area contributed by atoms with Gasteiger partial charge in [-0.15, -0.1) is 0 Å². The highest BCUT2D eigenvalue weighted by molar-refractivity contribution is 6.33. The van der Waals surface area contributed by atoms with Gasteiger partial charge in [0.1, 0.15) is 11.5 Å². The van der Waals surface area contributed by atoms with Crippen molar-refractivity contribution in [3.05, 3.63) is 77.2 Å². The normalized spacial score (nSPS) is 10.2. The molecule has 0 atom stereocenters. The van der Waals surface area contributed by atoms with Gasteiger partial charge in [0.25, 0.3) is 5.91 Å². The lowest BCUT2D eigenvalue weighted by atomic mass is 10.1. The summed E-state index contributed by atoms with van der Waals surface area (Å²) >= 11 is 6.08. The molecule has 130 valence electrons. The standard InChI is InChI=1S/C19H15ClN4O2/c1-12(25)13-6-8-14(9-7-13)23-19(26)17-10-22-18(11-21-17)24-16-5-3-2-4-15(16)20/h2-11H,1H3,(H,22,24)(H,23,26). The minimum absolute atomic E-state index is 0.0321. The Morgan fingerprint density at radius 2 is 1.69 bits per heavy atom. The molecule has 0 unspecified atom stereocenters. The summed E-state index contributed by atoms with van der Waals surface area (Å²) in [4.78, 5) is 31.8. The molecule has 3 rings (SSSR count). The number of rotatable bonds is 5. The van der Waals surface area contributed by atoms with E-state index in [0.29, 0.717) is 27.8 Å². The number of aromatic nitrogens is 2. The highest BCUT2D eigenvalue weighted by atomic mass is 35.5. The molecule has 2 N–H and O–H groups in total. The van der Waals surface area contributed by atoms with Gasteiger partial charge in [-0.3, -0.25) is 9.59 Å². The zero-order chi connectivity index (χ0) is 18.5. The van der Waals surface area contributed by atoms with E-state index >= 15 is 0 Å². The van der Waals surface area contributed by atoms with Crippen molar-refractivity contribution in [2.24, 2.45) is 0 Å². The van der Waals surface area contributed by atoms with Crippen LogP contribution in [0, 0.1) is 0 Å². The summed E-state index contributed by atoms with van der Waals surface area (Å²) in [5.74, 6) is 0.0492. The van der Waals surface area contributed by atoms with Crippen LogP contribution in [-0.2, 0) is 0 Å². The van der Waals surface area contributed by atoms with Crippen LogP contribution in [0.15, 0.2) is 60.9 Å². The molecule has 26 heavy (non-hydrogen) atoms. The summed E-state index contributed by atoms with van der Waals surface area (Å²) in [5, 5.41) is 6.30. The molecule has 2 aromatic carbocycles. The van der Waals surface area contributed by atoms with Gasteiger partial charge in [-0.2, -0.15) is 0 Å². The average Bonchev–Trinajstić information content (AvgIpc) is 2.64. The van der Waals surface area contributed by atoms with Crippen molar-refractivity contribution in [3.8, 4) is 0 Å². The second-order valence-electron chi connectivity index (χ2n) is 5.48. The van der Waals surface area contributed by atoms with Crippen molar-refractivity contribution in [1.29, 1.82) is 0 Å². The Morgan fingerprint density at radius 3 is 2.31 bits per heavy atom. The summed E-state index contributed by atoms with van der Waals surface area (Å²) in [5.41, 5.74) is 2.02. The molecule has 1 heterocycles. The third-order valence-corrected chi connectivity index (χ3v) is 3.90. The first-order chi connectivity index (χ1) is 12.5. The molecule has 0 saturated carbocycles. The fraction of sp³-hybridized carbons (Fsp3) is 0.0526. The molecule has 0 bridgehead atoms. The monoisotopic (exact) mass is 366 g/mol. The number of halogens is 1. The molecule has 1 aromatic heterocycles. The molecule has 0 saturated heterocycles. The Balaban J connectivity index is 1.67. The van der Waals surface area contributed by atoms with Crippen LogP contribution in [0.2, 0.25) is 5.02 Å². The molecule has 0 fully saturated rings. The van der Waals surface area contributed by atoms with Gasteiger partial charge in [0, 0.05) is 11.3 Å². The van der Waals surface area contributed by atoms with Crippen LogP contribution in [0.5, 0.6) is 0 Å². The SMILES string of the molecule is CC(=O)c1ccc(NC(=O)c2cnc(Nc3ccccc3Cl)cn2)cc1. The first-order valence-corrected chi connectivity index (χ1v) is 8.16. The number of benzene rings is 2. The summed E-state index contributed by atoms with van der Waals surface area (Å²) in [6, 6.07) is 13.9. The quantitative estimate of drug-likeness (QED) is 0.656. The highest BCUT2D eigenvalue weighted by Gasteiger charge is 2.09. The molecule has 3 aromatic rings. The minimum atomic E-state index is -0.391. The zero-order valence-corrected chi connectivity index (χ0v) is 14.6. The minimum Gasteiger partial charge on any atom is -0.338 e. The predicted molar refractivity (Wildman–Crippen MR) is 101 cm³/mol. The largest absolute Gasteiger partial charge is 0.338 e. The molecule has 0 aliphatic carbocycles. The molecular weight excluding hydrogens is 352 g/mol. The number of nitrogens with zero attached hydrogens (tertiary/aromatic N) is 2. The Hall–Kier alpha value is -3.25. The number of carbonyl (C=O) groups excluding carboxylic acids is 2. The van der Waals surface area contributed by atoms with Gasteiger partial charge >= 0.3 is 0 Å². The second kappa shape index (κ2) is 7.76. The van der Waals surface area contributed by atoms with Crippen LogP contribution < -0.4 is 10.6 Å². The van der Waals surface area contributed by atoms with E-state index in [0.717, 1.165) is 0 Å². The fourth-order valence-electron chi connectivity index (χ4n) is 2.19. The van der Waals surface area contributed by atoms with Crippen molar-refractivity contribution >= 4 is 40.5 Å². The van der Waals surface area contributed by atoms with Gasteiger partial charge in [0.05, 0.1) is 23.1 Å². The Kier molecular flexibility index (Phi) is 5.24. The molecule has 1 amide bonds. The van der Waals surface area contributed by atoms with Gasteiger partial charge < -0.3 is 10.6 Å². The maximum absolute atomic E-state index is 12.2. The summed E-state index contributed by atoms with van der Waals surface area (Å²) < 4.78 is 0. The summed E-state index contributed by atoms with van der Waals surface area (Å²) in [7, 11) is 0. The second-order valence-corrected chi connectivity index (χ2v) is 5.89. The van der Waals surface area contributed by atoms with E-state index in [2.05, 4.69) is 20.6 Å². The molecule has 0 radical (unpaired) electrons. The molecule has 0 aliphatic heterocycles. The smallest absolute Gasteiger partial charge is 0.275 e. The molecule has 6 nitrogen and oxygen atoms in total. The average molecular weight is 367 g/mol. The summed E-state index contributed by atoms with van der Waals surface area (Å²) in [6.45, 7) is 1.49. The number of para-hydroxylation sites is 1. The third-order valence-electron chi connectivity index (χ3n) is 3.57. The number of ketones is 1. The maximum atomic E-state index is 12.2. The maximum Gasteiger partial charge on any atom is 0.275 e. The van der Waals surface area contributed by atoms with Crippen LogP contribution in [0.4, 0.5) is 17.2 Å². The third kappa shape index (κ3) is 4.23. The van der Waals surface area contributed by atoms with Gasteiger partial charge in [-0.05, 0) is 43.3 Å². The highest BCUT2D eigenvalue weighted by Crippen LogP contribution is 2.23. The van der Waals surface area contributed by atoms with Gasteiger partial charge in [-0.1, -0.05) is 23.7 Å².